The number of methoxy groups -OCH3 is 2. The Labute approximate surface area is 166 Å². The summed E-state index contributed by atoms with van der Waals surface area (Å²) in [5.74, 6) is 0.733. The molecule has 1 aromatic heterocycles. The molecule has 152 valence electrons. The Morgan fingerprint density at radius 3 is 2.41 bits per heavy atom. The molecule has 0 aromatic carbocycles. The van der Waals surface area contributed by atoms with Gasteiger partial charge in [-0.3, -0.25) is 4.79 Å². The highest BCUT2D eigenvalue weighted by molar-refractivity contribution is 6.31. The number of nitrogens with zero attached hydrogens (tertiary/aromatic N) is 3. The van der Waals surface area contributed by atoms with Gasteiger partial charge in [0.05, 0.1) is 37.1 Å². The molecule has 7 nitrogen and oxygen atoms in total. The number of aromatic nitrogens is 2. The van der Waals surface area contributed by atoms with Crippen LogP contribution in [0.4, 0.5) is 5.82 Å². The fraction of sp³-hybridized carbons (Fsp3) is 0.737. The third-order valence-corrected chi connectivity index (χ3v) is 5.06. The highest BCUT2D eigenvalue weighted by Gasteiger charge is 2.28. The average molecular weight is 400 g/mol. The summed E-state index contributed by atoms with van der Waals surface area (Å²) in [5, 5.41) is 0.404. The molecule has 1 aliphatic rings. The SMILES string of the molecule is CCOC(=O)C1CCN(c2nc(CC(COC)COC)c(C)nc2Cl)CC1. The van der Waals surface area contributed by atoms with Crippen molar-refractivity contribution in [3.8, 4) is 0 Å². The Hall–Kier alpha value is -1.44. The summed E-state index contributed by atoms with van der Waals surface area (Å²) < 4.78 is 15.7. The third kappa shape index (κ3) is 6.02. The molecular weight excluding hydrogens is 370 g/mol. The van der Waals surface area contributed by atoms with Gasteiger partial charge < -0.3 is 19.1 Å². The van der Waals surface area contributed by atoms with E-state index in [1.54, 1.807) is 14.2 Å². The van der Waals surface area contributed by atoms with E-state index in [0.717, 1.165) is 24.2 Å². The Bertz CT molecular complexity index is 615. The van der Waals surface area contributed by atoms with Gasteiger partial charge in [-0.2, -0.15) is 0 Å². The molecule has 0 N–H and O–H groups in total. The van der Waals surface area contributed by atoms with Crippen molar-refractivity contribution in [2.24, 2.45) is 11.8 Å². The molecule has 1 fully saturated rings. The minimum atomic E-state index is -0.110. The molecule has 0 spiro atoms. The van der Waals surface area contributed by atoms with E-state index in [-0.39, 0.29) is 17.8 Å². The van der Waals surface area contributed by atoms with Crippen LogP contribution in [0.2, 0.25) is 5.15 Å². The summed E-state index contributed by atoms with van der Waals surface area (Å²) in [5.41, 5.74) is 1.73. The van der Waals surface area contributed by atoms with Crippen molar-refractivity contribution in [1.29, 1.82) is 0 Å². The number of hydrogen-bond acceptors (Lipinski definition) is 7. The van der Waals surface area contributed by atoms with Gasteiger partial charge in [-0.15, -0.1) is 0 Å². The third-order valence-electron chi connectivity index (χ3n) is 4.81. The van der Waals surface area contributed by atoms with E-state index in [1.807, 2.05) is 13.8 Å². The molecule has 1 saturated heterocycles. The van der Waals surface area contributed by atoms with E-state index < -0.39 is 0 Å². The second-order valence-corrected chi connectivity index (χ2v) is 7.22. The quantitative estimate of drug-likeness (QED) is 0.591. The van der Waals surface area contributed by atoms with Crippen molar-refractivity contribution in [1.82, 2.24) is 9.97 Å². The second-order valence-electron chi connectivity index (χ2n) is 6.86. The van der Waals surface area contributed by atoms with Gasteiger partial charge >= 0.3 is 5.97 Å². The summed E-state index contributed by atoms with van der Waals surface area (Å²) >= 11 is 6.39. The predicted molar refractivity (Wildman–Crippen MR) is 104 cm³/mol. The smallest absolute Gasteiger partial charge is 0.309 e. The molecular formula is C19H30ClN3O4. The first-order chi connectivity index (χ1) is 13.0. The lowest BCUT2D eigenvalue weighted by molar-refractivity contribution is -0.148. The minimum Gasteiger partial charge on any atom is -0.466 e. The zero-order chi connectivity index (χ0) is 19.8. The Kier molecular flexibility index (Phi) is 8.73. The number of carbonyl (C=O) groups excluding carboxylic acids is 1. The van der Waals surface area contributed by atoms with Gasteiger partial charge in [-0.1, -0.05) is 11.6 Å². The summed E-state index contributed by atoms with van der Waals surface area (Å²) in [4.78, 5) is 23.3. The molecule has 0 aliphatic carbocycles. The summed E-state index contributed by atoms with van der Waals surface area (Å²) in [6, 6.07) is 0. The summed E-state index contributed by atoms with van der Waals surface area (Å²) in [7, 11) is 3.37. The van der Waals surface area contributed by atoms with Gasteiger partial charge in [0.2, 0.25) is 0 Å². The first kappa shape index (κ1) is 21.9. The Balaban J connectivity index is 2.10. The van der Waals surface area contributed by atoms with Gasteiger partial charge in [0.25, 0.3) is 0 Å². The van der Waals surface area contributed by atoms with Crippen LogP contribution in [0.5, 0.6) is 0 Å². The molecule has 0 saturated carbocycles. The van der Waals surface area contributed by atoms with Gasteiger partial charge in [-0.25, -0.2) is 9.97 Å². The van der Waals surface area contributed by atoms with Crippen LogP contribution in [0.15, 0.2) is 0 Å². The van der Waals surface area contributed by atoms with Crippen molar-refractivity contribution in [2.75, 3.05) is 52.0 Å². The molecule has 2 rings (SSSR count). The lowest BCUT2D eigenvalue weighted by Gasteiger charge is -2.32. The fourth-order valence-corrected chi connectivity index (χ4v) is 3.70. The number of halogens is 1. The summed E-state index contributed by atoms with van der Waals surface area (Å²) in [6.07, 6.45) is 2.18. The molecule has 8 heteroatoms. The van der Waals surface area contributed by atoms with Gasteiger partial charge in [0.1, 0.15) is 0 Å². The number of anilines is 1. The number of rotatable bonds is 9. The van der Waals surface area contributed by atoms with Crippen molar-refractivity contribution in [3.63, 3.8) is 0 Å². The number of carbonyl (C=O) groups is 1. The summed E-state index contributed by atoms with van der Waals surface area (Å²) in [6.45, 7) is 6.77. The monoisotopic (exact) mass is 399 g/mol. The zero-order valence-electron chi connectivity index (χ0n) is 16.7. The van der Waals surface area contributed by atoms with E-state index in [0.29, 0.717) is 50.3 Å². The lowest BCUT2D eigenvalue weighted by atomic mass is 9.97. The molecule has 0 radical (unpaired) electrons. The highest BCUT2D eigenvalue weighted by atomic mass is 35.5. The number of ether oxygens (including phenoxy) is 3. The van der Waals surface area contributed by atoms with Gasteiger partial charge in [0.15, 0.2) is 11.0 Å². The lowest BCUT2D eigenvalue weighted by Crippen LogP contribution is -2.38. The van der Waals surface area contributed by atoms with E-state index >= 15 is 0 Å². The fourth-order valence-electron chi connectivity index (χ4n) is 3.41. The minimum absolute atomic E-state index is 0.0503. The molecule has 1 aliphatic heterocycles. The van der Waals surface area contributed by atoms with Crippen LogP contribution < -0.4 is 4.90 Å². The average Bonchev–Trinajstić information content (AvgIpc) is 2.64. The van der Waals surface area contributed by atoms with Crippen LogP contribution in [0.3, 0.4) is 0 Å². The van der Waals surface area contributed by atoms with E-state index in [1.165, 1.54) is 0 Å². The van der Waals surface area contributed by atoms with E-state index in [9.17, 15) is 4.79 Å². The van der Waals surface area contributed by atoms with Crippen molar-refractivity contribution in [3.05, 3.63) is 16.5 Å². The van der Waals surface area contributed by atoms with E-state index in [4.69, 9.17) is 30.8 Å². The molecule has 27 heavy (non-hydrogen) atoms. The Morgan fingerprint density at radius 1 is 1.22 bits per heavy atom. The maximum absolute atomic E-state index is 11.9. The van der Waals surface area contributed by atoms with Gasteiger partial charge in [0, 0.05) is 33.2 Å². The van der Waals surface area contributed by atoms with Crippen molar-refractivity contribution < 1.29 is 19.0 Å². The molecule has 0 amide bonds. The maximum atomic E-state index is 11.9. The zero-order valence-corrected chi connectivity index (χ0v) is 17.4. The van der Waals surface area contributed by atoms with Crippen LogP contribution in [0, 0.1) is 18.8 Å². The largest absolute Gasteiger partial charge is 0.466 e. The Morgan fingerprint density at radius 2 is 1.85 bits per heavy atom. The standard InChI is InChI=1S/C19H30ClN3O4/c1-5-27-19(24)15-6-8-23(9-7-15)18-17(20)21-13(2)16(22-18)10-14(11-25-3)12-26-4/h14-15H,5-12H2,1-4H3. The maximum Gasteiger partial charge on any atom is 0.309 e. The molecule has 2 heterocycles. The molecule has 0 unspecified atom stereocenters. The number of esters is 1. The van der Waals surface area contributed by atoms with Gasteiger partial charge in [-0.05, 0) is 33.1 Å². The first-order valence-electron chi connectivity index (χ1n) is 9.42. The number of piperidine rings is 1. The topological polar surface area (TPSA) is 73.8 Å². The van der Waals surface area contributed by atoms with E-state index in [2.05, 4.69) is 9.88 Å². The predicted octanol–water partition coefficient (Wildman–Crippen LogP) is 2.67. The van der Waals surface area contributed by atoms with Crippen LogP contribution in [0.25, 0.3) is 0 Å². The molecule has 1 aromatic rings. The normalized spacial score (nSPS) is 15.4. The molecule has 0 atom stereocenters. The second kappa shape index (κ2) is 10.8. The van der Waals surface area contributed by atoms with Crippen LogP contribution >= 0.6 is 11.6 Å². The van der Waals surface area contributed by atoms with Crippen LogP contribution in [-0.4, -0.2) is 63.1 Å². The van der Waals surface area contributed by atoms with Crippen LogP contribution in [-0.2, 0) is 25.4 Å². The van der Waals surface area contributed by atoms with Crippen LogP contribution in [0.1, 0.15) is 31.2 Å². The highest BCUT2D eigenvalue weighted by Crippen LogP contribution is 2.29. The van der Waals surface area contributed by atoms with Crippen molar-refractivity contribution in [2.45, 2.75) is 33.1 Å². The number of hydrogen-bond donors (Lipinski definition) is 0. The first-order valence-corrected chi connectivity index (χ1v) is 9.80. The van der Waals surface area contributed by atoms with Crippen molar-refractivity contribution >= 4 is 23.4 Å². The molecule has 0 bridgehead atoms. The number of aryl methyl sites for hydroxylation is 1.